The van der Waals surface area contributed by atoms with E-state index in [1.807, 2.05) is 0 Å². The van der Waals surface area contributed by atoms with Gasteiger partial charge in [0.2, 0.25) is 11.2 Å². The number of nitrogens with one attached hydrogen (secondary N) is 1. The van der Waals surface area contributed by atoms with Crippen LogP contribution in [0.15, 0.2) is 35.5 Å². The zero-order valence-corrected chi connectivity index (χ0v) is 15.1. The highest BCUT2D eigenvalue weighted by atomic mass is 35.5. The lowest BCUT2D eigenvalue weighted by Crippen LogP contribution is -2.18. The number of carbonyl (C=O) groups excluding carboxylic acids is 1. The topological polar surface area (TPSA) is 107 Å². The summed E-state index contributed by atoms with van der Waals surface area (Å²) in [5, 5.41) is 2.72. The van der Waals surface area contributed by atoms with Crippen molar-refractivity contribution in [3.05, 3.63) is 41.0 Å². The van der Waals surface area contributed by atoms with Gasteiger partial charge in [0.1, 0.15) is 12.1 Å². The Bertz CT molecular complexity index is 1060. The van der Waals surface area contributed by atoms with E-state index in [0.29, 0.717) is 16.9 Å². The summed E-state index contributed by atoms with van der Waals surface area (Å²) >= 11 is 11.7. The zero-order valence-electron chi connectivity index (χ0n) is 12.8. The molecule has 0 fully saturated rings. The number of aromatic nitrogens is 4. The predicted octanol–water partition coefficient (Wildman–Crippen LogP) is 2.18. The summed E-state index contributed by atoms with van der Waals surface area (Å²) in [6.07, 6.45) is 2.52. The number of rotatable bonds is 4. The molecule has 25 heavy (non-hydrogen) atoms. The minimum Gasteiger partial charge on any atom is -0.325 e. The van der Waals surface area contributed by atoms with E-state index in [9.17, 15) is 13.2 Å². The van der Waals surface area contributed by atoms with Crippen LogP contribution in [0.3, 0.4) is 0 Å². The second kappa shape index (κ2) is 6.58. The largest absolute Gasteiger partial charge is 0.325 e. The quantitative estimate of drug-likeness (QED) is 0.532. The lowest BCUT2D eigenvalue weighted by molar-refractivity contribution is -0.116. The fraction of sp³-hybridized carbons (Fsp3) is 0.143. The predicted molar refractivity (Wildman–Crippen MR) is 93.5 cm³/mol. The van der Waals surface area contributed by atoms with Gasteiger partial charge in [-0.05, 0) is 35.9 Å². The molecule has 2 heterocycles. The number of fused-ring (bicyclic) bond motifs is 1. The number of hydrogen-bond donors (Lipinski definition) is 1. The number of imidazole rings is 1. The van der Waals surface area contributed by atoms with E-state index in [-0.39, 0.29) is 27.8 Å². The monoisotopic (exact) mass is 399 g/mol. The minimum absolute atomic E-state index is 0.0454. The van der Waals surface area contributed by atoms with Gasteiger partial charge >= 0.3 is 0 Å². The molecule has 11 heteroatoms. The Morgan fingerprint density at radius 1 is 1.20 bits per heavy atom. The van der Waals surface area contributed by atoms with Gasteiger partial charge in [0.05, 0.1) is 11.2 Å². The van der Waals surface area contributed by atoms with Crippen molar-refractivity contribution in [1.29, 1.82) is 0 Å². The molecular formula is C14H11Cl2N5O3S. The summed E-state index contributed by atoms with van der Waals surface area (Å²) in [7, 11) is -3.29. The molecule has 0 atom stereocenters. The maximum Gasteiger partial charge on any atom is 0.244 e. The molecule has 1 aromatic carbocycles. The molecule has 0 unspecified atom stereocenters. The van der Waals surface area contributed by atoms with Gasteiger partial charge in [-0.25, -0.2) is 18.4 Å². The van der Waals surface area contributed by atoms with E-state index in [0.717, 1.165) is 6.26 Å². The Hall–Kier alpha value is -2.23. The Balaban J connectivity index is 1.77. The molecule has 0 aliphatic rings. The number of halogens is 2. The summed E-state index contributed by atoms with van der Waals surface area (Å²) in [4.78, 5) is 24.2. The molecule has 1 amide bonds. The van der Waals surface area contributed by atoms with Crippen molar-refractivity contribution in [2.24, 2.45) is 0 Å². The summed E-state index contributed by atoms with van der Waals surface area (Å²) < 4.78 is 24.3. The SMILES string of the molecule is CS(=O)(=O)c1ccc(NC(=O)Cn2cnc3c(Cl)nc(Cl)nc32)cc1. The Labute approximate surface area is 152 Å². The third-order valence-electron chi connectivity index (χ3n) is 3.27. The molecule has 0 spiro atoms. The van der Waals surface area contributed by atoms with Crippen LogP contribution in [0, 0.1) is 0 Å². The fourth-order valence-electron chi connectivity index (χ4n) is 2.14. The van der Waals surface area contributed by atoms with Crippen molar-refractivity contribution >= 4 is 55.8 Å². The van der Waals surface area contributed by atoms with Crippen LogP contribution in [-0.2, 0) is 21.2 Å². The highest BCUT2D eigenvalue weighted by Gasteiger charge is 2.14. The van der Waals surface area contributed by atoms with Crippen LogP contribution < -0.4 is 5.32 Å². The Kier molecular flexibility index (Phi) is 4.63. The first-order valence-electron chi connectivity index (χ1n) is 6.88. The van der Waals surface area contributed by atoms with Crippen molar-refractivity contribution in [3.8, 4) is 0 Å². The van der Waals surface area contributed by atoms with Crippen LogP contribution in [0.1, 0.15) is 0 Å². The molecule has 8 nitrogen and oxygen atoms in total. The number of carbonyl (C=O) groups is 1. The molecule has 3 rings (SSSR count). The van der Waals surface area contributed by atoms with Crippen LogP contribution in [0.2, 0.25) is 10.4 Å². The smallest absolute Gasteiger partial charge is 0.244 e. The number of amides is 1. The number of hydrogen-bond acceptors (Lipinski definition) is 6. The summed E-state index contributed by atoms with van der Waals surface area (Å²) in [5.74, 6) is -0.350. The lowest BCUT2D eigenvalue weighted by Gasteiger charge is -2.07. The number of sulfone groups is 1. The summed E-state index contributed by atoms with van der Waals surface area (Å²) in [6, 6.07) is 5.86. The van der Waals surface area contributed by atoms with E-state index in [4.69, 9.17) is 23.2 Å². The molecular weight excluding hydrogens is 389 g/mol. The normalized spacial score (nSPS) is 11.6. The van der Waals surface area contributed by atoms with Gasteiger partial charge in [0.25, 0.3) is 0 Å². The van der Waals surface area contributed by atoms with Crippen molar-refractivity contribution in [3.63, 3.8) is 0 Å². The fourth-order valence-corrected chi connectivity index (χ4v) is 3.19. The molecule has 0 aliphatic carbocycles. The molecule has 3 aromatic rings. The van der Waals surface area contributed by atoms with Gasteiger partial charge in [0, 0.05) is 11.9 Å². The second-order valence-corrected chi connectivity index (χ2v) is 7.88. The average Bonchev–Trinajstić information content (AvgIpc) is 2.90. The Morgan fingerprint density at radius 3 is 2.52 bits per heavy atom. The van der Waals surface area contributed by atoms with Crippen LogP contribution in [0.5, 0.6) is 0 Å². The zero-order chi connectivity index (χ0) is 18.2. The third-order valence-corrected chi connectivity index (χ3v) is 4.84. The van der Waals surface area contributed by atoms with Crippen LogP contribution in [0.25, 0.3) is 11.2 Å². The molecule has 0 bridgehead atoms. The number of nitrogens with zero attached hydrogens (tertiary/aromatic N) is 4. The standard InChI is InChI=1S/C14H11Cl2N5O3S/c1-25(23,24)9-4-2-8(3-5-9)18-10(22)6-21-7-17-11-12(15)19-14(16)20-13(11)21/h2-5,7H,6H2,1H3,(H,18,22). The molecule has 0 aliphatic heterocycles. The van der Waals surface area contributed by atoms with Crippen molar-refractivity contribution in [2.75, 3.05) is 11.6 Å². The van der Waals surface area contributed by atoms with E-state index in [2.05, 4.69) is 20.3 Å². The van der Waals surface area contributed by atoms with Crippen LogP contribution in [-0.4, -0.2) is 40.1 Å². The van der Waals surface area contributed by atoms with Crippen molar-refractivity contribution in [2.45, 2.75) is 11.4 Å². The molecule has 2 aromatic heterocycles. The van der Waals surface area contributed by atoms with Crippen LogP contribution >= 0.6 is 23.2 Å². The maximum atomic E-state index is 12.2. The van der Waals surface area contributed by atoms with Gasteiger partial charge in [-0.2, -0.15) is 4.98 Å². The minimum atomic E-state index is -3.29. The van der Waals surface area contributed by atoms with E-state index >= 15 is 0 Å². The molecule has 0 radical (unpaired) electrons. The third kappa shape index (κ3) is 3.89. The Morgan fingerprint density at radius 2 is 1.88 bits per heavy atom. The van der Waals surface area contributed by atoms with Gasteiger partial charge < -0.3 is 9.88 Å². The maximum absolute atomic E-state index is 12.2. The van der Waals surface area contributed by atoms with Crippen molar-refractivity contribution in [1.82, 2.24) is 19.5 Å². The second-order valence-electron chi connectivity index (χ2n) is 5.17. The summed E-state index contributed by atoms with van der Waals surface area (Å²) in [6.45, 7) is -0.0754. The first-order valence-corrected chi connectivity index (χ1v) is 9.52. The molecule has 130 valence electrons. The molecule has 0 saturated carbocycles. The van der Waals surface area contributed by atoms with Crippen molar-refractivity contribution < 1.29 is 13.2 Å². The lowest BCUT2D eigenvalue weighted by atomic mass is 10.3. The van der Waals surface area contributed by atoms with Gasteiger partial charge in [-0.15, -0.1) is 0 Å². The average molecular weight is 400 g/mol. The number of benzene rings is 1. The number of anilines is 1. The van der Waals surface area contributed by atoms with Crippen LogP contribution in [0.4, 0.5) is 5.69 Å². The van der Waals surface area contributed by atoms with E-state index in [1.54, 1.807) is 0 Å². The highest BCUT2D eigenvalue weighted by Crippen LogP contribution is 2.20. The van der Waals surface area contributed by atoms with E-state index in [1.165, 1.54) is 35.2 Å². The first-order chi connectivity index (χ1) is 11.7. The first kappa shape index (κ1) is 17.6. The highest BCUT2D eigenvalue weighted by molar-refractivity contribution is 7.90. The summed E-state index contributed by atoms with van der Waals surface area (Å²) in [5.41, 5.74) is 1.15. The van der Waals surface area contributed by atoms with Gasteiger partial charge in [0.15, 0.2) is 20.6 Å². The van der Waals surface area contributed by atoms with Gasteiger partial charge in [-0.1, -0.05) is 11.6 Å². The molecule has 1 N–H and O–H groups in total. The molecule has 0 saturated heterocycles. The van der Waals surface area contributed by atoms with Gasteiger partial charge in [-0.3, -0.25) is 4.79 Å². The van der Waals surface area contributed by atoms with E-state index < -0.39 is 9.84 Å².